The lowest BCUT2D eigenvalue weighted by Gasteiger charge is -2.27. The zero-order valence-electron chi connectivity index (χ0n) is 11.7. The number of halogens is 1. The third-order valence-corrected chi connectivity index (χ3v) is 3.12. The minimum absolute atomic E-state index is 0.185. The predicted molar refractivity (Wildman–Crippen MR) is 78.2 cm³/mol. The maximum Gasteiger partial charge on any atom is 0.254 e. The van der Waals surface area contributed by atoms with E-state index in [2.05, 4.69) is 26.2 Å². The third-order valence-electron chi connectivity index (χ3n) is 2.52. The minimum atomic E-state index is -0.968. The van der Waals surface area contributed by atoms with Crippen LogP contribution in [0.1, 0.15) is 23.0 Å². The molecule has 1 unspecified atom stereocenters. The Hall–Kier alpha value is -0.980. The first-order valence-corrected chi connectivity index (χ1v) is 6.79. The number of aryl methyl sites for hydroxylation is 1. The summed E-state index contributed by atoms with van der Waals surface area (Å²) in [4.78, 5) is 18.0. The van der Waals surface area contributed by atoms with Crippen LogP contribution in [0.5, 0.6) is 0 Å². The van der Waals surface area contributed by atoms with Gasteiger partial charge in [0.05, 0.1) is 11.2 Å². The molecule has 19 heavy (non-hydrogen) atoms. The molecule has 1 rings (SSSR count). The number of hydrogen-bond acceptors (Lipinski definition) is 4. The molecule has 1 aromatic heterocycles. The van der Waals surface area contributed by atoms with Crippen molar-refractivity contribution in [2.24, 2.45) is 0 Å². The zero-order valence-corrected chi connectivity index (χ0v) is 13.3. The summed E-state index contributed by atoms with van der Waals surface area (Å²) in [6, 6.07) is 3.49. The molecule has 1 aromatic rings. The molecule has 2 N–H and O–H groups in total. The molecule has 0 fully saturated rings. The van der Waals surface area contributed by atoms with Crippen LogP contribution in [0.4, 0.5) is 0 Å². The Morgan fingerprint density at radius 3 is 2.68 bits per heavy atom. The summed E-state index contributed by atoms with van der Waals surface area (Å²) in [7, 11) is 3.74. The first-order chi connectivity index (χ1) is 8.71. The standard InChI is InChI=1S/C13H20BrN3O2/c1-9-5-6-10(11(14)16-9)12(18)15-7-13(2,19)8-17(3)4/h5-6,19H,7-8H2,1-4H3,(H,15,18). The minimum Gasteiger partial charge on any atom is -0.387 e. The van der Waals surface area contributed by atoms with E-state index >= 15 is 0 Å². The molecule has 106 valence electrons. The van der Waals surface area contributed by atoms with Crippen LogP contribution >= 0.6 is 15.9 Å². The molecular weight excluding hydrogens is 310 g/mol. The number of aromatic nitrogens is 1. The second-order valence-corrected chi connectivity index (χ2v) is 5.96. The van der Waals surface area contributed by atoms with Crippen molar-refractivity contribution in [2.45, 2.75) is 19.4 Å². The van der Waals surface area contributed by atoms with Gasteiger partial charge in [-0.15, -0.1) is 0 Å². The fraction of sp³-hybridized carbons (Fsp3) is 0.538. The van der Waals surface area contributed by atoms with Crippen LogP contribution in [0.15, 0.2) is 16.7 Å². The molecule has 5 nitrogen and oxygen atoms in total. The molecule has 0 aliphatic carbocycles. The summed E-state index contributed by atoms with van der Waals surface area (Å²) in [5, 5.41) is 12.8. The highest BCUT2D eigenvalue weighted by Gasteiger charge is 2.23. The average Bonchev–Trinajstić information content (AvgIpc) is 2.24. The third kappa shape index (κ3) is 5.26. The Kier molecular flexibility index (Phi) is 5.46. The lowest BCUT2D eigenvalue weighted by molar-refractivity contribution is 0.0325. The van der Waals surface area contributed by atoms with Crippen LogP contribution in [-0.4, -0.2) is 53.7 Å². The normalized spacial score (nSPS) is 14.3. The van der Waals surface area contributed by atoms with Crippen molar-refractivity contribution in [1.82, 2.24) is 15.2 Å². The quantitative estimate of drug-likeness (QED) is 0.796. The van der Waals surface area contributed by atoms with Crippen LogP contribution in [-0.2, 0) is 0 Å². The number of likely N-dealkylation sites (N-methyl/N-ethyl adjacent to an activating group) is 1. The van der Waals surface area contributed by atoms with Gasteiger partial charge >= 0.3 is 0 Å². The molecule has 1 atom stereocenters. The molecule has 0 saturated heterocycles. The summed E-state index contributed by atoms with van der Waals surface area (Å²) in [5.41, 5.74) is 0.332. The van der Waals surface area contributed by atoms with E-state index in [0.29, 0.717) is 16.7 Å². The summed E-state index contributed by atoms with van der Waals surface area (Å²) in [6.07, 6.45) is 0. The van der Waals surface area contributed by atoms with Crippen molar-refractivity contribution >= 4 is 21.8 Å². The maximum atomic E-state index is 12.0. The van der Waals surface area contributed by atoms with E-state index in [1.54, 1.807) is 19.1 Å². The van der Waals surface area contributed by atoms with Crippen LogP contribution < -0.4 is 5.32 Å². The molecule has 0 spiro atoms. The van der Waals surface area contributed by atoms with Gasteiger partial charge in [-0.25, -0.2) is 4.98 Å². The monoisotopic (exact) mass is 329 g/mol. The second-order valence-electron chi connectivity index (χ2n) is 5.21. The largest absolute Gasteiger partial charge is 0.387 e. The summed E-state index contributed by atoms with van der Waals surface area (Å²) < 4.78 is 0.511. The number of amides is 1. The molecule has 0 radical (unpaired) electrons. The van der Waals surface area contributed by atoms with Crippen LogP contribution in [0, 0.1) is 6.92 Å². The lowest BCUT2D eigenvalue weighted by Crippen LogP contribution is -2.47. The summed E-state index contributed by atoms with van der Waals surface area (Å²) >= 11 is 3.27. The van der Waals surface area contributed by atoms with Crippen molar-refractivity contribution in [3.63, 3.8) is 0 Å². The van der Waals surface area contributed by atoms with Gasteiger partial charge in [0, 0.05) is 18.8 Å². The van der Waals surface area contributed by atoms with E-state index in [0.717, 1.165) is 5.69 Å². The van der Waals surface area contributed by atoms with Crippen molar-refractivity contribution in [3.8, 4) is 0 Å². The first-order valence-electron chi connectivity index (χ1n) is 6.00. The number of nitrogens with one attached hydrogen (secondary N) is 1. The molecule has 1 heterocycles. The SMILES string of the molecule is Cc1ccc(C(=O)NCC(C)(O)CN(C)C)c(Br)n1. The van der Waals surface area contributed by atoms with E-state index in [-0.39, 0.29) is 12.5 Å². The Labute approximate surface area is 122 Å². The summed E-state index contributed by atoms with van der Waals surface area (Å²) in [6.45, 7) is 4.20. The van der Waals surface area contributed by atoms with Gasteiger partial charge in [-0.1, -0.05) is 0 Å². The maximum absolute atomic E-state index is 12.0. The number of carbonyl (C=O) groups excluding carboxylic acids is 1. The smallest absolute Gasteiger partial charge is 0.254 e. The number of nitrogens with zero attached hydrogens (tertiary/aromatic N) is 2. The van der Waals surface area contributed by atoms with Gasteiger partial charge in [0.15, 0.2) is 0 Å². The number of pyridine rings is 1. The highest BCUT2D eigenvalue weighted by molar-refractivity contribution is 9.10. The topological polar surface area (TPSA) is 65.5 Å². The van der Waals surface area contributed by atoms with Crippen LogP contribution in [0.25, 0.3) is 0 Å². The van der Waals surface area contributed by atoms with Crippen molar-refractivity contribution < 1.29 is 9.90 Å². The number of carbonyl (C=O) groups is 1. The van der Waals surface area contributed by atoms with Gasteiger partial charge in [-0.05, 0) is 56.0 Å². The second kappa shape index (κ2) is 6.45. The first kappa shape index (κ1) is 16.1. The van der Waals surface area contributed by atoms with Gasteiger partial charge in [0.2, 0.25) is 0 Å². The van der Waals surface area contributed by atoms with E-state index in [4.69, 9.17) is 0 Å². The van der Waals surface area contributed by atoms with Gasteiger partial charge in [-0.3, -0.25) is 4.79 Å². The van der Waals surface area contributed by atoms with E-state index in [9.17, 15) is 9.90 Å². The molecule has 0 bridgehead atoms. The molecule has 1 amide bonds. The Balaban J connectivity index is 2.65. The Bertz CT molecular complexity index is 461. The van der Waals surface area contributed by atoms with E-state index in [1.807, 2.05) is 25.9 Å². The Morgan fingerprint density at radius 2 is 2.16 bits per heavy atom. The molecular formula is C13H20BrN3O2. The lowest BCUT2D eigenvalue weighted by atomic mass is 10.1. The van der Waals surface area contributed by atoms with Crippen LogP contribution in [0.2, 0.25) is 0 Å². The number of hydrogen-bond donors (Lipinski definition) is 2. The van der Waals surface area contributed by atoms with E-state index in [1.165, 1.54) is 0 Å². The van der Waals surface area contributed by atoms with E-state index < -0.39 is 5.60 Å². The van der Waals surface area contributed by atoms with Crippen molar-refractivity contribution in [1.29, 1.82) is 0 Å². The van der Waals surface area contributed by atoms with Gasteiger partial charge in [0.25, 0.3) is 5.91 Å². The van der Waals surface area contributed by atoms with Gasteiger partial charge < -0.3 is 15.3 Å². The van der Waals surface area contributed by atoms with Crippen molar-refractivity contribution in [2.75, 3.05) is 27.2 Å². The Morgan fingerprint density at radius 1 is 1.53 bits per heavy atom. The average molecular weight is 330 g/mol. The van der Waals surface area contributed by atoms with Gasteiger partial charge in [-0.2, -0.15) is 0 Å². The number of rotatable bonds is 5. The molecule has 0 aromatic carbocycles. The molecule has 0 saturated carbocycles. The highest BCUT2D eigenvalue weighted by atomic mass is 79.9. The molecule has 0 aliphatic heterocycles. The fourth-order valence-electron chi connectivity index (χ4n) is 1.80. The molecule has 6 heteroatoms. The number of aliphatic hydroxyl groups is 1. The van der Waals surface area contributed by atoms with Gasteiger partial charge in [0.1, 0.15) is 4.60 Å². The highest BCUT2D eigenvalue weighted by Crippen LogP contribution is 2.14. The fourth-order valence-corrected chi connectivity index (χ4v) is 2.39. The molecule has 0 aliphatic rings. The zero-order chi connectivity index (χ0) is 14.6. The van der Waals surface area contributed by atoms with Crippen LogP contribution in [0.3, 0.4) is 0 Å². The van der Waals surface area contributed by atoms with Crippen molar-refractivity contribution in [3.05, 3.63) is 28.0 Å². The predicted octanol–water partition coefficient (Wildman–Crippen LogP) is 1.19. The summed E-state index contributed by atoms with van der Waals surface area (Å²) in [5.74, 6) is -0.251.